The number of ketones is 1. The van der Waals surface area contributed by atoms with Crippen LogP contribution in [0.15, 0.2) is 42.5 Å². The van der Waals surface area contributed by atoms with Crippen molar-refractivity contribution in [3.8, 4) is 0 Å². The number of nitrogens with zero attached hydrogens (tertiary/aromatic N) is 2. The molecule has 13 heteroatoms. The Kier molecular flexibility index (Phi) is 7.53. The Hall–Kier alpha value is -4.16. The average Bonchev–Trinajstić information content (AvgIpc) is 3.20. The summed E-state index contributed by atoms with van der Waals surface area (Å²) in [6, 6.07) is 6.58. The number of nitrogens with one attached hydrogen (secondary N) is 2. The Balaban J connectivity index is 1.56. The summed E-state index contributed by atoms with van der Waals surface area (Å²) < 4.78 is 59.8. The fourth-order valence-corrected chi connectivity index (χ4v) is 4.71. The molecule has 4 rings (SSSR count). The first-order chi connectivity index (χ1) is 18.3. The predicted octanol–water partition coefficient (Wildman–Crippen LogP) is 4.18. The second-order valence-electron chi connectivity index (χ2n) is 9.47. The van der Waals surface area contributed by atoms with E-state index in [9.17, 15) is 36.7 Å². The zero-order chi connectivity index (χ0) is 28.5. The van der Waals surface area contributed by atoms with Gasteiger partial charge in [0.1, 0.15) is 18.4 Å². The molecule has 9 nitrogen and oxygen atoms in total. The van der Waals surface area contributed by atoms with E-state index in [1.165, 1.54) is 31.3 Å². The summed E-state index contributed by atoms with van der Waals surface area (Å²) in [4.78, 5) is 51.9. The van der Waals surface area contributed by atoms with E-state index in [-0.39, 0.29) is 36.3 Å². The standard InChI is InChI=1S/C26H26F4N4O5/c1-15(26(28,29)30)34(12-16-3-5-17(27)6-4-16)22(36)13-33-14-25(39-24(33)38)10-9-21(35)19-11-18(7-8-20(19)25)32-23(37)31-2/h3-8,11,15H,9-10,12-14H2,1-2H3,(H2,31,32,37)/t15-,25+/m0/s1. The molecule has 4 amide bonds. The lowest BCUT2D eigenvalue weighted by atomic mass is 9.78. The third-order valence-corrected chi connectivity index (χ3v) is 6.89. The van der Waals surface area contributed by atoms with E-state index < -0.39 is 54.8 Å². The molecule has 1 aliphatic carbocycles. The van der Waals surface area contributed by atoms with Crippen molar-refractivity contribution in [3.63, 3.8) is 0 Å². The van der Waals surface area contributed by atoms with Crippen molar-refractivity contribution in [2.24, 2.45) is 0 Å². The maximum atomic E-state index is 13.6. The lowest BCUT2D eigenvalue weighted by Gasteiger charge is -2.33. The molecule has 1 fully saturated rings. The number of Topliss-reactive ketones (excluding diaryl/α,β-unsaturated/α-hetero) is 1. The minimum absolute atomic E-state index is 0.0211. The third-order valence-electron chi connectivity index (χ3n) is 6.89. The molecule has 2 atom stereocenters. The SMILES string of the molecule is CNC(=O)Nc1ccc2c(c1)C(=O)CC[C@@]21CN(CC(=O)N(Cc2ccc(F)cc2)[C@@H](C)C(F)(F)F)C(=O)O1. The first kappa shape index (κ1) is 27.9. The number of rotatable bonds is 6. The van der Waals surface area contributed by atoms with Crippen LogP contribution in [-0.4, -0.2) is 66.0 Å². The lowest BCUT2D eigenvalue weighted by Crippen LogP contribution is -2.50. The van der Waals surface area contributed by atoms with Crippen molar-refractivity contribution in [1.82, 2.24) is 15.1 Å². The van der Waals surface area contributed by atoms with Gasteiger partial charge in [-0.2, -0.15) is 13.2 Å². The molecule has 2 aromatic carbocycles. The highest BCUT2D eigenvalue weighted by molar-refractivity contribution is 6.01. The Morgan fingerprint density at radius 1 is 1.15 bits per heavy atom. The number of hydrogen-bond acceptors (Lipinski definition) is 5. The first-order valence-electron chi connectivity index (χ1n) is 12.1. The van der Waals surface area contributed by atoms with Crippen molar-refractivity contribution in [2.45, 2.75) is 44.1 Å². The molecule has 1 spiro atoms. The van der Waals surface area contributed by atoms with Crippen LogP contribution in [0.4, 0.5) is 32.8 Å². The van der Waals surface area contributed by atoms with Gasteiger partial charge in [-0.1, -0.05) is 18.2 Å². The molecule has 39 heavy (non-hydrogen) atoms. The third kappa shape index (κ3) is 5.81. The smallest absolute Gasteiger partial charge is 0.411 e. The van der Waals surface area contributed by atoms with Gasteiger partial charge in [0.05, 0.1) is 6.54 Å². The number of carbonyl (C=O) groups is 4. The Labute approximate surface area is 221 Å². The van der Waals surface area contributed by atoms with Crippen LogP contribution in [0.1, 0.15) is 41.3 Å². The highest BCUT2D eigenvalue weighted by atomic mass is 19.4. The maximum absolute atomic E-state index is 13.6. The minimum atomic E-state index is -4.74. The summed E-state index contributed by atoms with van der Waals surface area (Å²) in [5.41, 5.74) is -0.0467. The molecule has 1 saturated heterocycles. The molecule has 208 valence electrons. The number of ether oxygens (including phenoxy) is 1. The lowest BCUT2D eigenvalue weighted by molar-refractivity contribution is -0.187. The monoisotopic (exact) mass is 550 g/mol. The molecule has 0 saturated carbocycles. The number of fused-ring (bicyclic) bond motifs is 2. The van der Waals surface area contributed by atoms with E-state index in [0.29, 0.717) is 16.2 Å². The molecule has 2 N–H and O–H groups in total. The van der Waals surface area contributed by atoms with Crippen LogP contribution in [0.3, 0.4) is 0 Å². The van der Waals surface area contributed by atoms with Crippen LogP contribution in [0, 0.1) is 5.82 Å². The Morgan fingerprint density at radius 2 is 1.85 bits per heavy atom. The van der Waals surface area contributed by atoms with Gasteiger partial charge in [-0.15, -0.1) is 0 Å². The summed E-state index contributed by atoms with van der Waals surface area (Å²) in [6.45, 7) is -0.475. The second kappa shape index (κ2) is 10.5. The summed E-state index contributed by atoms with van der Waals surface area (Å²) >= 11 is 0. The van der Waals surface area contributed by atoms with Crippen molar-refractivity contribution in [1.29, 1.82) is 0 Å². The van der Waals surface area contributed by atoms with E-state index in [1.54, 1.807) is 6.07 Å². The number of alkyl halides is 3. The quantitative estimate of drug-likeness (QED) is 0.525. The van der Waals surface area contributed by atoms with E-state index >= 15 is 0 Å². The highest BCUT2D eigenvalue weighted by Crippen LogP contribution is 2.43. The minimum Gasteiger partial charge on any atom is -0.436 e. The van der Waals surface area contributed by atoms with Crippen molar-refractivity contribution in [2.75, 3.05) is 25.5 Å². The molecule has 0 radical (unpaired) electrons. The highest BCUT2D eigenvalue weighted by Gasteiger charge is 2.51. The van der Waals surface area contributed by atoms with E-state index in [1.807, 2.05) is 0 Å². The van der Waals surface area contributed by atoms with Gasteiger partial charge in [0.25, 0.3) is 0 Å². The van der Waals surface area contributed by atoms with Gasteiger partial charge in [-0.3, -0.25) is 14.5 Å². The van der Waals surface area contributed by atoms with E-state index in [4.69, 9.17) is 4.74 Å². The first-order valence-corrected chi connectivity index (χ1v) is 12.1. The number of benzene rings is 2. The Bertz CT molecular complexity index is 1300. The van der Waals surface area contributed by atoms with Gasteiger partial charge >= 0.3 is 18.3 Å². The average molecular weight is 551 g/mol. The van der Waals surface area contributed by atoms with Crippen LogP contribution < -0.4 is 10.6 Å². The van der Waals surface area contributed by atoms with Gasteiger partial charge in [-0.25, -0.2) is 14.0 Å². The van der Waals surface area contributed by atoms with Crippen LogP contribution >= 0.6 is 0 Å². The molecule has 1 aliphatic heterocycles. The molecule has 0 bridgehead atoms. The fourth-order valence-electron chi connectivity index (χ4n) is 4.71. The predicted molar refractivity (Wildman–Crippen MR) is 130 cm³/mol. The number of carbonyl (C=O) groups excluding carboxylic acids is 4. The molecule has 0 aromatic heterocycles. The van der Waals surface area contributed by atoms with Gasteiger partial charge in [0, 0.05) is 43.2 Å². The Morgan fingerprint density at radius 3 is 2.49 bits per heavy atom. The maximum Gasteiger partial charge on any atom is 0.411 e. The normalized spacial score (nSPS) is 19.4. The van der Waals surface area contributed by atoms with Gasteiger partial charge in [0.2, 0.25) is 5.91 Å². The molecule has 2 aromatic rings. The second-order valence-corrected chi connectivity index (χ2v) is 9.47. The fraction of sp³-hybridized carbons (Fsp3) is 0.385. The van der Waals surface area contributed by atoms with E-state index in [2.05, 4.69) is 10.6 Å². The van der Waals surface area contributed by atoms with Crippen molar-refractivity contribution in [3.05, 3.63) is 65.0 Å². The summed E-state index contributed by atoms with van der Waals surface area (Å²) in [5, 5.41) is 4.95. The van der Waals surface area contributed by atoms with Gasteiger partial charge in [0.15, 0.2) is 11.4 Å². The van der Waals surface area contributed by atoms with Crippen LogP contribution in [0.5, 0.6) is 0 Å². The largest absolute Gasteiger partial charge is 0.436 e. The van der Waals surface area contributed by atoms with Gasteiger partial charge < -0.3 is 20.3 Å². The van der Waals surface area contributed by atoms with Crippen molar-refractivity contribution < 1.29 is 41.5 Å². The summed E-state index contributed by atoms with van der Waals surface area (Å²) in [6.07, 6.45) is -5.51. The number of hydrogen-bond donors (Lipinski definition) is 2. The van der Waals surface area contributed by atoms with Crippen LogP contribution in [0.25, 0.3) is 0 Å². The zero-order valence-electron chi connectivity index (χ0n) is 21.1. The molecular formula is C26H26F4N4O5. The zero-order valence-corrected chi connectivity index (χ0v) is 21.1. The number of amides is 4. The molecule has 2 aliphatic rings. The van der Waals surface area contributed by atoms with Crippen LogP contribution in [0.2, 0.25) is 0 Å². The van der Waals surface area contributed by atoms with Gasteiger partial charge in [-0.05, 0) is 36.8 Å². The number of halogens is 4. The molecule has 1 heterocycles. The number of urea groups is 1. The topological polar surface area (TPSA) is 108 Å². The molecule has 0 unspecified atom stereocenters. The summed E-state index contributed by atoms with van der Waals surface area (Å²) in [5.74, 6) is -1.78. The van der Waals surface area contributed by atoms with Crippen LogP contribution in [-0.2, 0) is 21.7 Å². The van der Waals surface area contributed by atoms with E-state index in [0.717, 1.165) is 24.0 Å². The molecular weight excluding hydrogens is 524 g/mol. The van der Waals surface area contributed by atoms with Crippen molar-refractivity contribution >= 4 is 29.5 Å². The summed E-state index contributed by atoms with van der Waals surface area (Å²) in [7, 11) is 1.43. The number of anilines is 1.